The second-order valence-electron chi connectivity index (χ2n) is 7.38. The number of hydrogen-bond acceptors (Lipinski definition) is 7. The summed E-state index contributed by atoms with van der Waals surface area (Å²) < 4.78 is 38.5. The number of nitrogens with two attached hydrogens (primary N) is 1. The maximum Gasteiger partial charge on any atom is 0.419 e. The minimum atomic E-state index is -3.65. The molecule has 2 aromatic carbocycles. The zero-order chi connectivity index (χ0) is 22.9. The zero-order valence-corrected chi connectivity index (χ0v) is 17.8. The summed E-state index contributed by atoms with van der Waals surface area (Å²) in [5, 5.41) is 0. The van der Waals surface area contributed by atoms with Crippen LogP contribution in [0.1, 0.15) is 29.6 Å². The Balaban J connectivity index is 1.49. The molecule has 0 radical (unpaired) electrons. The molecule has 1 aromatic heterocycles. The maximum atomic E-state index is 12.7. The fourth-order valence-corrected chi connectivity index (χ4v) is 5.13. The molecule has 168 valence electrons. The third-order valence-corrected chi connectivity index (χ3v) is 7.13. The molecule has 0 spiro atoms. The standard InChI is InChI=1S/C21H21N3O7S/c22-20(26)14-4-3-5-15(12-14)30-19(25)8-11-24-17-7-6-16(13-18(17)31-21(24)27)32(28,29)23-9-1-2-10-23/h3-7,12-13H,1-2,8-11H2,(H2,22,26). The van der Waals surface area contributed by atoms with Gasteiger partial charge in [0, 0.05) is 31.3 Å². The fourth-order valence-electron chi connectivity index (χ4n) is 3.59. The number of benzene rings is 2. The van der Waals surface area contributed by atoms with Crippen molar-refractivity contribution in [3.05, 3.63) is 58.6 Å². The highest BCUT2D eigenvalue weighted by atomic mass is 32.2. The Hall–Kier alpha value is -3.44. The monoisotopic (exact) mass is 459 g/mol. The summed E-state index contributed by atoms with van der Waals surface area (Å²) in [5.41, 5.74) is 5.91. The lowest BCUT2D eigenvalue weighted by molar-refractivity contribution is -0.134. The van der Waals surface area contributed by atoms with Gasteiger partial charge < -0.3 is 14.9 Å². The summed E-state index contributed by atoms with van der Waals surface area (Å²) in [5.74, 6) is -1.82. The van der Waals surface area contributed by atoms with E-state index in [1.807, 2.05) is 0 Å². The fraction of sp³-hybridized carbons (Fsp3) is 0.286. The van der Waals surface area contributed by atoms with Crippen LogP contribution in [0.5, 0.6) is 5.75 Å². The Labute approximate surface area is 183 Å². The van der Waals surface area contributed by atoms with Crippen LogP contribution in [0.2, 0.25) is 0 Å². The zero-order valence-electron chi connectivity index (χ0n) is 17.0. The number of aromatic nitrogens is 1. The van der Waals surface area contributed by atoms with Gasteiger partial charge in [0.2, 0.25) is 15.9 Å². The van der Waals surface area contributed by atoms with Gasteiger partial charge in [0.25, 0.3) is 0 Å². The van der Waals surface area contributed by atoms with E-state index in [1.165, 1.54) is 51.3 Å². The molecule has 4 rings (SSSR count). The molecule has 3 aromatic rings. The predicted molar refractivity (Wildman–Crippen MR) is 114 cm³/mol. The number of nitrogens with zero attached hydrogens (tertiary/aromatic N) is 2. The summed E-state index contributed by atoms with van der Waals surface area (Å²) in [6.45, 7) is 0.907. The Kier molecular flexibility index (Phi) is 5.85. The number of aryl methyl sites for hydroxylation is 1. The summed E-state index contributed by atoms with van der Waals surface area (Å²) in [7, 11) is -3.65. The first-order valence-corrected chi connectivity index (χ1v) is 11.4. The Morgan fingerprint density at radius 1 is 1.09 bits per heavy atom. The third-order valence-electron chi connectivity index (χ3n) is 5.23. The van der Waals surface area contributed by atoms with Gasteiger partial charge in [-0.2, -0.15) is 4.31 Å². The van der Waals surface area contributed by atoms with Crippen molar-refractivity contribution in [3.63, 3.8) is 0 Å². The van der Waals surface area contributed by atoms with E-state index in [0.717, 1.165) is 12.8 Å². The number of amides is 1. The second-order valence-corrected chi connectivity index (χ2v) is 9.31. The van der Waals surface area contributed by atoms with Crippen LogP contribution in [0.25, 0.3) is 11.1 Å². The topological polar surface area (TPSA) is 142 Å². The molecule has 1 saturated heterocycles. The van der Waals surface area contributed by atoms with Crippen LogP contribution < -0.4 is 16.2 Å². The quantitative estimate of drug-likeness (QED) is 0.416. The van der Waals surface area contributed by atoms with Crippen molar-refractivity contribution < 1.29 is 27.2 Å². The number of carbonyl (C=O) groups excluding carboxylic acids is 2. The summed E-state index contributed by atoms with van der Waals surface area (Å²) in [6.07, 6.45) is 1.48. The highest BCUT2D eigenvalue weighted by Gasteiger charge is 2.28. The SMILES string of the molecule is NC(=O)c1cccc(OC(=O)CCn2c(=O)oc3cc(S(=O)(=O)N4CCCC4)ccc32)c1. The molecule has 0 bridgehead atoms. The number of oxazole rings is 1. The number of hydrogen-bond donors (Lipinski definition) is 1. The van der Waals surface area contributed by atoms with Gasteiger partial charge in [0.1, 0.15) is 5.75 Å². The first-order valence-electron chi connectivity index (χ1n) is 10.00. The van der Waals surface area contributed by atoms with Gasteiger partial charge >= 0.3 is 11.7 Å². The molecule has 0 aliphatic carbocycles. The lowest BCUT2D eigenvalue weighted by Crippen LogP contribution is -2.27. The van der Waals surface area contributed by atoms with E-state index >= 15 is 0 Å². The molecular weight excluding hydrogens is 438 g/mol. The number of carbonyl (C=O) groups is 2. The molecule has 10 nitrogen and oxygen atoms in total. The molecule has 0 unspecified atom stereocenters. The number of ether oxygens (including phenoxy) is 1. The van der Waals surface area contributed by atoms with Gasteiger partial charge in [0.15, 0.2) is 5.58 Å². The average molecular weight is 459 g/mol. The van der Waals surface area contributed by atoms with Crippen molar-refractivity contribution in [3.8, 4) is 5.75 Å². The van der Waals surface area contributed by atoms with Crippen molar-refractivity contribution in [1.82, 2.24) is 8.87 Å². The van der Waals surface area contributed by atoms with Crippen molar-refractivity contribution in [1.29, 1.82) is 0 Å². The van der Waals surface area contributed by atoms with Crippen LogP contribution in [0, 0.1) is 0 Å². The van der Waals surface area contributed by atoms with E-state index in [0.29, 0.717) is 18.6 Å². The Morgan fingerprint density at radius 3 is 2.56 bits per heavy atom. The normalized spacial score (nSPS) is 14.6. The minimum absolute atomic E-state index is 0.0294. The number of fused-ring (bicyclic) bond motifs is 1. The van der Waals surface area contributed by atoms with Crippen LogP contribution in [-0.4, -0.2) is 42.3 Å². The van der Waals surface area contributed by atoms with Gasteiger partial charge in [-0.05, 0) is 43.2 Å². The molecule has 1 aliphatic heterocycles. The van der Waals surface area contributed by atoms with E-state index in [4.69, 9.17) is 14.9 Å². The van der Waals surface area contributed by atoms with Gasteiger partial charge in [0.05, 0.1) is 16.8 Å². The lowest BCUT2D eigenvalue weighted by atomic mass is 10.2. The van der Waals surface area contributed by atoms with E-state index in [2.05, 4.69) is 0 Å². The molecule has 1 amide bonds. The highest BCUT2D eigenvalue weighted by molar-refractivity contribution is 7.89. The first-order chi connectivity index (χ1) is 15.3. The Bertz CT molecular complexity index is 1350. The van der Waals surface area contributed by atoms with E-state index in [1.54, 1.807) is 0 Å². The van der Waals surface area contributed by atoms with Gasteiger partial charge in [-0.3, -0.25) is 14.2 Å². The van der Waals surface area contributed by atoms with Crippen LogP contribution in [0.3, 0.4) is 0 Å². The van der Waals surface area contributed by atoms with Gasteiger partial charge in [-0.25, -0.2) is 13.2 Å². The molecule has 1 fully saturated rings. The van der Waals surface area contributed by atoms with Crippen molar-refractivity contribution in [2.75, 3.05) is 13.1 Å². The summed E-state index contributed by atoms with van der Waals surface area (Å²) >= 11 is 0. The summed E-state index contributed by atoms with van der Waals surface area (Å²) in [4.78, 5) is 35.8. The highest BCUT2D eigenvalue weighted by Crippen LogP contribution is 2.24. The van der Waals surface area contributed by atoms with Crippen molar-refractivity contribution >= 4 is 33.0 Å². The van der Waals surface area contributed by atoms with Gasteiger partial charge in [-0.1, -0.05) is 6.07 Å². The minimum Gasteiger partial charge on any atom is -0.426 e. The lowest BCUT2D eigenvalue weighted by Gasteiger charge is -2.15. The third kappa shape index (κ3) is 4.30. The van der Waals surface area contributed by atoms with E-state index in [-0.39, 0.29) is 34.8 Å². The van der Waals surface area contributed by atoms with E-state index < -0.39 is 27.7 Å². The number of sulfonamides is 1. The largest absolute Gasteiger partial charge is 0.426 e. The first kappa shape index (κ1) is 21.8. The van der Waals surface area contributed by atoms with Crippen LogP contribution in [-0.2, 0) is 21.4 Å². The molecule has 32 heavy (non-hydrogen) atoms. The smallest absolute Gasteiger partial charge is 0.419 e. The molecule has 2 heterocycles. The van der Waals surface area contributed by atoms with Gasteiger partial charge in [-0.15, -0.1) is 0 Å². The second kappa shape index (κ2) is 8.60. The van der Waals surface area contributed by atoms with Crippen molar-refractivity contribution in [2.24, 2.45) is 5.73 Å². The number of primary amides is 1. The predicted octanol–water partition coefficient (Wildman–Crippen LogP) is 1.47. The average Bonchev–Trinajstić information content (AvgIpc) is 3.40. The molecule has 2 N–H and O–H groups in total. The maximum absolute atomic E-state index is 12.7. The molecule has 0 atom stereocenters. The molecule has 1 aliphatic rings. The molecule has 0 saturated carbocycles. The van der Waals surface area contributed by atoms with Crippen LogP contribution >= 0.6 is 0 Å². The number of rotatable bonds is 7. The van der Waals surface area contributed by atoms with E-state index in [9.17, 15) is 22.8 Å². The van der Waals surface area contributed by atoms with Crippen LogP contribution in [0.15, 0.2) is 56.6 Å². The number of esters is 1. The molecular formula is C21H21N3O7S. The summed E-state index contributed by atoms with van der Waals surface area (Å²) in [6, 6.07) is 10.1. The molecule has 11 heteroatoms. The van der Waals surface area contributed by atoms with Crippen molar-refractivity contribution in [2.45, 2.75) is 30.7 Å². The Morgan fingerprint density at radius 2 is 1.84 bits per heavy atom. The van der Waals surface area contributed by atoms with Crippen LogP contribution in [0.4, 0.5) is 0 Å².